The quantitative estimate of drug-likeness (QED) is 0.264. The van der Waals surface area contributed by atoms with Crippen LogP contribution in [0.25, 0.3) is 22.0 Å². The average molecular weight is 562 g/mol. The van der Waals surface area contributed by atoms with Gasteiger partial charge in [0.2, 0.25) is 10.0 Å². The van der Waals surface area contributed by atoms with Crippen molar-refractivity contribution in [2.75, 3.05) is 30.5 Å². The molecule has 0 aliphatic carbocycles. The Balaban J connectivity index is 1.68. The molecule has 4 aromatic rings. The molecule has 13 heteroatoms. The van der Waals surface area contributed by atoms with Crippen LogP contribution in [0.4, 0.5) is 24.5 Å². The maximum Gasteiger partial charge on any atom is 0.417 e. The first-order valence-corrected chi connectivity index (χ1v) is 13.1. The number of sulfonamides is 1. The standard InChI is InChI=1S/C26H22F3N3O6S/c1-37-23-13-20(26(27,28)29)18(12-19(23)25(34)38-2)14-5-4-6-16(9-14)30-24(33)22-10-15-7-8-17(11-21(15)31-22)32-39(3,35)36/h4-13,31-32H,1-3H3,(H,30,33). The van der Waals surface area contributed by atoms with Crippen molar-refractivity contribution in [3.8, 4) is 16.9 Å². The number of fused-ring (bicyclic) bond motifs is 1. The van der Waals surface area contributed by atoms with Gasteiger partial charge in [-0.3, -0.25) is 9.52 Å². The second-order valence-corrected chi connectivity index (χ2v) is 10.2. The van der Waals surface area contributed by atoms with Crippen LogP contribution in [0, 0.1) is 0 Å². The van der Waals surface area contributed by atoms with Gasteiger partial charge in [0.25, 0.3) is 5.91 Å². The SMILES string of the molecule is COC(=O)c1cc(-c2cccc(NC(=O)c3cc4ccc(NS(C)(=O)=O)cc4[nH]3)c2)c(C(F)(F)F)cc1OC. The molecule has 0 bridgehead atoms. The number of esters is 1. The molecule has 1 aromatic heterocycles. The zero-order valence-electron chi connectivity index (χ0n) is 20.8. The van der Waals surface area contributed by atoms with Crippen molar-refractivity contribution < 1.29 is 40.7 Å². The number of amides is 1. The lowest BCUT2D eigenvalue weighted by atomic mass is 9.95. The third-order valence-corrected chi connectivity index (χ3v) is 6.26. The molecule has 0 atom stereocenters. The van der Waals surface area contributed by atoms with Crippen LogP contribution in [0.2, 0.25) is 0 Å². The van der Waals surface area contributed by atoms with Gasteiger partial charge in [0, 0.05) is 16.6 Å². The normalized spacial score (nSPS) is 11.7. The lowest BCUT2D eigenvalue weighted by molar-refractivity contribution is -0.137. The largest absolute Gasteiger partial charge is 0.496 e. The molecule has 3 N–H and O–H groups in total. The summed E-state index contributed by atoms with van der Waals surface area (Å²) in [6.45, 7) is 0. The fourth-order valence-electron chi connectivity index (χ4n) is 3.98. The molecule has 0 aliphatic rings. The number of nitrogens with one attached hydrogen (secondary N) is 3. The molecule has 0 aliphatic heterocycles. The Kier molecular flexibility index (Phi) is 7.29. The summed E-state index contributed by atoms with van der Waals surface area (Å²) in [7, 11) is -1.25. The van der Waals surface area contributed by atoms with Crippen LogP contribution in [-0.2, 0) is 20.9 Å². The molecule has 1 heterocycles. The maximum atomic E-state index is 13.9. The van der Waals surface area contributed by atoms with E-state index in [4.69, 9.17) is 4.74 Å². The number of rotatable bonds is 7. The van der Waals surface area contributed by atoms with Crippen molar-refractivity contribution in [2.45, 2.75) is 6.18 Å². The number of carbonyl (C=O) groups is 2. The number of anilines is 2. The van der Waals surface area contributed by atoms with Gasteiger partial charge >= 0.3 is 12.1 Å². The number of alkyl halides is 3. The number of aromatic amines is 1. The first-order valence-electron chi connectivity index (χ1n) is 11.2. The molecule has 204 valence electrons. The summed E-state index contributed by atoms with van der Waals surface area (Å²) in [6, 6.07) is 13.7. The molecular weight excluding hydrogens is 539 g/mol. The van der Waals surface area contributed by atoms with Gasteiger partial charge in [0.05, 0.1) is 31.7 Å². The predicted octanol–water partition coefficient (Wildman–Crippen LogP) is 5.27. The zero-order chi connectivity index (χ0) is 28.5. The third kappa shape index (κ3) is 6.14. The summed E-state index contributed by atoms with van der Waals surface area (Å²) < 4.78 is 76.8. The van der Waals surface area contributed by atoms with Crippen molar-refractivity contribution in [1.29, 1.82) is 0 Å². The summed E-state index contributed by atoms with van der Waals surface area (Å²) in [6.07, 6.45) is -3.76. The number of hydrogen-bond donors (Lipinski definition) is 3. The van der Waals surface area contributed by atoms with E-state index < -0.39 is 33.6 Å². The Labute approximate surface area is 221 Å². The van der Waals surface area contributed by atoms with Crippen molar-refractivity contribution in [1.82, 2.24) is 4.98 Å². The number of benzene rings is 3. The number of H-pyrrole nitrogens is 1. The van der Waals surface area contributed by atoms with Crippen LogP contribution < -0.4 is 14.8 Å². The molecule has 39 heavy (non-hydrogen) atoms. The summed E-state index contributed by atoms with van der Waals surface area (Å²) in [5.41, 5.74) is -0.328. The second kappa shape index (κ2) is 10.3. The molecule has 9 nitrogen and oxygen atoms in total. The van der Waals surface area contributed by atoms with Crippen molar-refractivity contribution in [3.63, 3.8) is 0 Å². The van der Waals surface area contributed by atoms with Crippen molar-refractivity contribution in [3.05, 3.63) is 77.5 Å². The summed E-state index contributed by atoms with van der Waals surface area (Å²) in [4.78, 5) is 28.0. The van der Waals surface area contributed by atoms with E-state index in [0.717, 1.165) is 32.6 Å². The molecule has 1 amide bonds. The number of ether oxygens (including phenoxy) is 2. The van der Waals surface area contributed by atoms with Crippen molar-refractivity contribution >= 4 is 44.2 Å². The third-order valence-electron chi connectivity index (χ3n) is 5.65. The molecule has 3 aromatic carbocycles. The first-order chi connectivity index (χ1) is 18.3. The molecule has 0 unspecified atom stereocenters. The predicted molar refractivity (Wildman–Crippen MR) is 139 cm³/mol. The fourth-order valence-corrected chi connectivity index (χ4v) is 4.54. The van der Waals surface area contributed by atoms with E-state index in [2.05, 4.69) is 19.8 Å². The van der Waals surface area contributed by atoms with E-state index in [1.54, 1.807) is 12.1 Å². The van der Waals surface area contributed by atoms with Crippen LogP contribution in [0.1, 0.15) is 26.4 Å². The van der Waals surface area contributed by atoms with Gasteiger partial charge in [-0.15, -0.1) is 0 Å². The van der Waals surface area contributed by atoms with Crippen molar-refractivity contribution in [2.24, 2.45) is 0 Å². The minimum atomic E-state index is -4.77. The van der Waals surface area contributed by atoms with Crippen LogP contribution in [0.15, 0.2) is 60.7 Å². The van der Waals surface area contributed by atoms with Gasteiger partial charge in [0.15, 0.2) is 0 Å². The van der Waals surface area contributed by atoms with Gasteiger partial charge < -0.3 is 19.8 Å². The van der Waals surface area contributed by atoms with E-state index >= 15 is 0 Å². The fraction of sp³-hybridized carbons (Fsp3) is 0.154. The zero-order valence-corrected chi connectivity index (χ0v) is 21.6. The Hall–Kier alpha value is -4.52. The van der Waals surface area contributed by atoms with Crippen LogP contribution in [0.3, 0.4) is 0 Å². The molecular formula is C26H22F3N3O6S. The van der Waals surface area contributed by atoms with Gasteiger partial charge in [-0.05, 0) is 53.6 Å². The Morgan fingerprint density at radius 1 is 0.949 bits per heavy atom. The average Bonchev–Trinajstić information content (AvgIpc) is 3.29. The first kappa shape index (κ1) is 27.5. The van der Waals surface area contributed by atoms with Crippen LogP contribution >= 0.6 is 0 Å². The van der Waals surface area contributed by atoms with Gasteiger partial charge in [0.1, 0.15) is 17.0 Å². The molecule has 0 spiro atoms. The number of aromatic nitrogens is 1. The monoisotopic (exact) mass is 561 g/mol. The second-order valence-electron chi connectivity index (χ2n) is 8.48. The summed E-state index contributed by atoms with van der Waals surface area (Å²) in [5, 5.41) is 3.27. The Bertz CT molecular complexity index is 1700. The number of methoxy groups -OCH3 is 2. The lowest BCUT2D eigenvalue weighted by Gasteiger charge is -2.17. The van der Waals surface area contributed by atoms with E-state index in [-0.39, 0.29) is 33.8 Å². The van der Waals surface area contributed by atoms with Gasteiger partial charge in [-0.25, -0.2) is 13.2 Å². The smallest absolute Gasteiger partial charge is 0.417 e. The highest BCUT2D eigenvalue weighted by atomic mass is 32.2. The highest BCUT2D eigenvalue weighted by Crippen LogP contribution is 2.41. The highest BCUT2D eigenvalue weighted by Gasteiger charge is 2.36. The number of hydrogen-bond acceptors (Lipinski definition) is 6. The highest BCUT2D eigenvalue weighted by molar-refractivity contribution is 7.92. The minimum absolute atomic E-state index is 0.0843. The summed E-state index contributed by atoms with van der Waals surface area (Å²) in [5.74, 6) is -1.75. The molecule has 0 fully saturated rings. The summed E-state index contributed by atoms with van der Waals surface area (Å²) >= 11 is 0. The molecule has 0 saturated carbocycles. The van der Waals surface area contributed by atoms with E-state index in [0.29, 0.717) is 16.6 Å². The number of halogens is 3. The molecule has 4 rings (SSSR count). The molecule has 0 radical (unpaired) electrons. The van der Waals surface area contributed by atoms with Crippen LogP contribution in [0.5, 0.6) is 5.75 Å². The maximum absolute atomic E-state index is 13.9. The van der Waals surface area contributed by atoms with Gasteiger partial charge in [-0.2, -0.15) is 13.2 Å². The van der Waals surface area contributed by atoms with E-state index in [1.165, 1.54) is 36.4 Å². The van der Waals surface area contributed by atoms with Crippen LogP contribution in [-0.4, -0.2) is 45.8 Å². The minimum Gasteiger partial charge on any atom is -0.496 e. The van der Waals surface area contributed by atoms with E-state index in [9.17, 15) is 31.2 Å². The Morgan fingerprint density at radius 3 is 2.33 bits per heavy atom. The Morgan fingerprint density at radius 2 is 1.69 bits per heavy atom. The lowest BCUT2D eigenvalue weighted by Crippen LogP contribution is -2.13. The van der Waals surface area contributed by atoms with E-state index in [1.807, 2.05) is 0 Å². The molecule has 0 saturated heterocycles. The number of carbonyl (C=O) groups excluding carboxylic acids is 2. The van der Waals surface area contributed by atoms with Gasteiger partial charge in [-0.1, -0.05) is 18.2 Å². The topological polar surface area (TPSA) is 127 Å².